The van der Waals surface area contributed by atoms with Crippen molar-refractivity contribution in [3.8, 4) is 0 Å². The van der Waals surface area contributed by atoms with E-state index in [4.69, 9.17) is 70.4 Å². The van der Waals surface area contributed by atoms with Crippen LogP contribution in [-0.2, 0) is 76.2 Å². The van der Waals surface area contributed by atoms with Crippen molar-refractivity contribution in [3.05, 3.63) is 23.7 Å². The zero-order valence-electron chi connectivity index (χ0n) is 43.4. The molecule has 440 valence electrons. The number of hydrogen-bond donors (Lipinski definition) is 13. The van der Waals surface area contributed by atoms with E-state index in [0.29, 0.717) is 33.0 Å². The van der Waals surface area contributed by atoms with Crippen molar-refractivity contribution in [1.29, 1.82) is 0 Å². The van der Waals surface area contributed by atoms with Gasteiger partial charge in [-0.2, -0.15) is 0 Å². The van der Waals surface area contributed by atoms with Gasteiger partial charge in [0.15, 0.2) is 24.1 Å². The number of amides is 4. The SMILES string of the molecule is CCCOCCOCCOCCOCCC(=O)N(CCOCCNC(=O)CO[C@@H]([C@@H]1OC(C(=O)O)=C[C@H](N=C(N)N)[C@H]1C)[C@H](O)CO)CCOCC(=O)NO[C@@H]([C@@H]1OC(C(=O)O)=C[C@H](N=C(N)N)[C@H]1NC(C)=O)[C@H](O)CO. The second-order valence-electron chi connectivity index (χ2n) is 17.0. The van der Waals surface area contributed by atoms with Crippen LogP contribution in [0.15, 0.2) is 33.7 Å². The molecule has 0 fully saturated rings. The molecule has 32 nitrogen and oxygen atoms in total. The third-order valence-corrected chi connectivity index (χ3v) is 10.9. The number of aliphatic imine (C=N–C) groups is 2. The maximum absolute atomic E-state index is 13.4. The van der Waals surface area contributed by atoms with E-state index >= 15 is 0 Å². The summed E-state index contributed by atoms with van der Waals surface area (Å²) in [6.45, 7) is 4.01. The van der Waals surface area contributed by atoms with Gasteiger partial charge in [0.2, 0.25) is 29.2 Å². The molecule has 0 unspecified atom stereocenters. The van der Waals surface area contributed by atoms with Crippen molar-refractivity contribution in [2.75, 3.05) is 119 Å². The van der Waals surface area contributed by atoms with Gasteiger partial charge in [-0.15, -0.1) is 0 Å². The average Bonchev–Trinajstić information content (AvgIpc) is 3.37. The van der Waals surface area contributed by atoms with E-state index in [1.54, 1.807) is 6.92 Å². The standard InChI is InChI=1S/C45H78N10O22/c1-4-9-68-14-16-71-18-19-72-17-15-69-10-5-36(63)55(7-12-70-11-6-50-34(61)25-74-39(30(59)22-56)38-26(2)28(52-44(46)47)20-32(75-38)42(64)65)8-13-73-24-35(62)54-77-40(31(60)23-57)41-37(51-27(3)58)29(53-45(48)49)21-33(76-41)43(66)67/h20-21,26,28-31,37-41,56-57,59-60H,4-19,22-25H2,1-3H3,(H,50,61)(H,51,58)(H,54,62)(H,64,65)(H,66,67)(H4,46,47,52)(H4,48,49,53)/t26-,28+,29+,30-,31-,37-,38-,39-,40-,41-/m1/s1. The van der Waals surface area contributed by atoms with E-state index in [2.05, 4.69) is 20.6 Å². The smallest absolute Gasteiger partial charge is 0.370 e. The Morgan fingerprint density at radius 1 is 0.675 bits per heavy atom. The number of nitrogens with two attached hydrogens (primary N) is 4. The highest BCUT2D eigenvalue weighted by Gasteiger charge is 2.46. The summed E-state index contributed by atoms with van der Waals surface area (Å²) in [5.74, 6) is -8.36. The second-order valence-corrected chi connectivity index (χ2v) is 17.0. The van der Waals surface area contributed by atoms with Gasteiger partial charge in [0.25, 0.3) is 5.91 Å². The van der Waals surface area contributed by atoms with Crippen LogP contribution in [0.4, 0.5) is 0 Å². The molecule has 0 aromatic heterocycles. The van der Waals surface area contributed by atoms with E-state index in [1.165, 1.54) is 11.0 Å². The van der Waals surface area contributed by atoms with Gasteiger partial charge < -0.3 is 112 Å². The number of hydrogen-bond acceptors (Lipinski definition) is 22. The molecular weight excluding hydrogens is 1030 g/mol. The number of guanidine groups is 2. The van der Waals surface area contributed by atoms with Crippen LogP contribution in [0.1, 0.15) is 33.6 Å². The quantitative estimate of drug-likeness (QED) is 0.0117. The first kappa shape index (κ1) is 67.1. The van der Waals surface area contributed by atoms with Crippen LogP contribution < -0.4 is 39.0 Å². The Kier molecular flexibility index (Phi) is 32.8. The van der Waals surface area contributed by atoms with E-state index in [0.717, 1.165) is 19.4 Å². The molecule has 0 spiro atoms. The van der Waals surface area contributed by atoms with E-state index in [-0.39, 0.29) is 77.6 Å². The van der Waals surface area contributed by atoms with Crippen molar-refractivity contribution >= 4 is 47.5 Å². The number of aliphatic hydroxyl groups is 4. The van der Waals surface area contributed by atoms with Crippen LogP contribution in [-0.4, -0.2) is 257 Å². The highest BCUT2D eigenvalue weighted by Crippen LogP contribution is 2.31. The van der Waals surface area contributed by atoms with Gasteiger partial charge in [0.1, 0.15) is 37.6 Å². The average molecular weight is 1110 g/mol. The van der Waals surface area contributed by atoms with Gasteiger partial charge in [-0.3, -0.25) is 24.0 Å². The lowest BCUT2D eigenvalue weighted by molar-refractivity contribution is -0.180. The van der Waals surface area contributed by atoms with Crippen LogP contribution in [0.25, 0.3) is 0 Å². The monoisotopic (exact) mass is 1110 g/mol. The van der Waals surface area contributed by atoms with Crippen molar-refractivity contribution in [1.82, 2.24) is 21.0 Å². The van der Waals surface area contributed by atoms with Crippen molar-refractivity contribution < 1.29 is 107 Å². The number of nitrogens with zero attached hydrogens (tertiary/aromatic N) is 3. The molecule has 77 heavy (non-hydrogen) atoms. The van der Waals surface area contributed by atoms with Gasteiger partial charge in [-0.1, -0.05) is 13.8 Å². The number of carboxylic acids is 2. The number of hydroxylamine groups is 1. The molecule has 0 radical (unpaired) electrons. The van der Waals surface area contributed by atoms with Gasteiger partial charge in [-0.05, 0) is 18.6 Å². The van der Waals surface area contributed by atoms with Crippen molar-refractivity contribution in [2.24, 2.45) is 38.8 Å². The fourth-order valence-corrected chi connectivity index (χ4v) is 7.25. The van der Waals surface area contributed by atoms with Crippen LogP contribution >= 0.6 is 0 Å². The Balaban J connectivity index is 2.00. The van der Waals surface area contributed by atoms with Gasteiger partial charge in [0, 0.05) is 39.1 Å². The van der Waals surface area contributed by atoms with E-state index in [9.17, 15) is 59.4 Å². The minimum absolute atomic E-state index is 0.0142. The maximum Gasteiger partial charge on any atom is 0.370 e. The molecule has 0 bridgehead atoms. The number of carbonyl (C=O) groups is 6. The number of rotatable bonds is 41. The number of nitrogens with one attached hydrogen (secondary N) is 3. The number of aliphatic carboxylic acids is 2. The largest absolute Gasteiger partial charge is 0.480 e. The van der Waals surface area contributed by atoms with Crippen molar-refractivity contribution in [2.45, 2.75) is 88.4 Å². The fraction of sp³-hybridized carbons (Fsp3) is 0.733. The number of ether oxygens (including phenoxy) is 9. The van der Waals surface area contributed by atoms with E-state index in [1.807, 2.05) is 12.4 Å². The lowest BCUT2D eigenvalue weighted by Gasteiger charge is -2.39. The molecule has 0 aromatic rings. The molecule has 0 aliphatic carbocycles. The van der Waals surface area contributed by atoms with Crippen LogP contribution in [0.3, 0.4) is 0 Å². The molecule has 0 saturated heterocycles. The highest BCUT2D eigenvalue weighted by molar-refractivity contribution is 5.86. The zero-order valence-corrected chi connectivity index (χ0v) is 43.4. The molecule has 17 N–H and O–H groups in total. The maximum atomic E-state index is 13.4. The van der Waals surface area contributed by atoms with Gasteiger partial charge in [0.05, 0.1) is 104 Å². The molecule has 2 aliphatic rings. The molecule has 0 aromatic carbocycles. The third-order valence-electron chi connectivity index (χ3n) is 10.9. The summed E-state index contributed by atoms with van der Waals surface area (Å²) in [6.07, 6.45) is -6.33. The van der Waals surface area contributed by atoms with Crippen molar-refractivity contribution in [3.63, 3.8) is 0 Å². The minimum atomic E-state index is -1.83. The minimum Gasteiger partial charge on any atom is -0.480 e. The first-order valence-electron chi connectivity index (χ1n) is 24.6. The van der Waals surface area contributed by atoms with Crippen LogP contribution in [0.5, 0.6) is 0 Å². The molecule has 10 atom stereocenters. The number of carboxylic acid groups (broad SMARTS) is 2. The summed E-state index contributed by atoms with van der Waals surface area (Å²) in [5, 5.41) is 65.1. The van der Waals surface area contributed by atoms with Crippen LogP contribution in [0.2, 0.25) is 0 Å². The Morgan fingerprint density at radius 3 is 1.73 bits per heavy atom. The first-order chi connectivity index (χ1) is 36.7. The highest BCUT2D eigenvalue weighted by atomic mass is 16.7. The predicted octanol–water partition coefficient (Wildman–Crippen LogP) is -6.50. The normalized spacial score (nSPS) is 20.6. The Labute approximate surface area is 444 Å². The molecule has 4 amide bonds. The topological polar surface area (TPSA) is 484 Å². The lowest BCUT2D eigenvalue weighted by Crippen LogP contribution is -2.61. The predicted molar refractivity (Wildman–Crippen MR) is 266 cm³/mol. The van der Waals surface area contributed by atoms with Crippen LogP contribution in [0, 0.1) is 5.92 Å². The lowest BCUT2D eigenvalue weighted by atomic mass is 9.87. The molecule has 2 rings (SSSR count). The van der Waals surface area contributed by atoms with Gasteiger partial charge in [-0.25, -0.2) is 25.1 Å². The van der Waals surface area contributed by atoms with E-state index < -0.39 is 134 Å². The molecule has 2 aliphatic heterocycles. The summed E-state index contributed by atoms with van der Waals surface area (Å²) in [6, 6.07) is -3.43. The summed E-state index contributed by atoms with van der Waals surface area (Å²) in [5.41, 5.74) is 24.1. The number of aliphatic hydroxyl groups excluding tert-OH is 4. The molecule has 32 heteroatoms. The fourth-order valence-electron chi connectivity index (χ4n) is 7.25. The molecule has 2 heterocycles. The second kappa shape index (κ2) is 37.7. The molecular formula is C45H78N10O22. The Hall–Kier alpha value is -6.04. The first-order valence-corrected chi connectivity index (χ1v) is 24.6. The Morgan fingerprint density at radius 2 is 1.18 bits per heavy atom. The summed E-state index contributed by atoms with van der Waals surface area (Å²) < 4.78 is 49.7. The zero-order chi connectivity index (χ0) is 57.3. The summed E-state index contributed by atoms with van der Waals surface area (Å²) >= 11 is 0. The number of carbonyl (C=O) groups excluding carboxylic acids is 4. The Bertz CT molecular complexity index is 1940. The van der Waals surface area contributed by atoms with Gasteiger partial charge >= 0.3 is 11.9 Å². The molecule has 0 saturated carbocycles. The summed E-state index contributed by atoms with van der Waals surface area (Å²) in [7, 11) is 0. The summed E-state index contributed by atoms with van der Waals surface area (Å²) in [4.78, 5) is 89.6. The third kappa shape index (κ3) is 26.2.